The third-order valence-electron chi connectivity index (χ3n) is 6.02. The summed E-state index contributed by atoms with van der Waals surface area (Å²) in [5, 5.41) is 0.684. The fraction of sp³-hybridized carbons (Fsp3) is 0.524. The smallest absolute Gasteiger partial charge is 0.313 e. The Labute approximate surface area is 211 Å². The third-order valence-corrected chi connectivity index (χ3v) is 7.68. The Balaban J connectivity index is 1.61. The molecule has 0 aliphatic heterocycles. The molecule has 14 heteroatoms. The van der Waals surface area contributed by atoms with E-state index in [1.54, 1.807) is 18.7 Å². The Hall–Kier alpha value is -2.87. The van der Waals surface area contributed by atoms with Crippen LogP contribution in [0.15, 0.2) is 29.1 Å². The fourth-order valence-electron chi connectivity index (χ4n) is 4.06. The summed E-state index contributed by atoms with van der Waals surface area (Å²) in [5.74, 6) is 0.654. The first kappa shape index (κ1) is 25.2. The van der Waals surface area contributed by atoms with Crippen molar-refractivity contribution in [3.05, 3.63) is 46.4 Å². The monoisotopic (exact) mass is 566 g/mol. The highest BCUT2D eigenvalue weighted by molar-refractivity contribution is 9.10. The number of halogens is 1. The van der Waals surface area contributed by atoms with Gasteiger partial charge in [0.15, 0.2) is 32.2 Å². The van der Waals surface area contributed by atoms with Crippen LogP contribution >= 0.6 is 27.7 Å². The largest absolute Gasteiger partial charge is 0.332 e. The van der Waals surface area contributed by atoms with Gasteiger partial charge in [0.05, 0.1) is 0 Å². The molecule has 0 amide bonds. The van der Waals surface area contributed by atoms with Crippen LogP contribution in [-0.4, -0.2) is 43.5 Å². The van der Waals surface area contributed by atoms with Gasteiger partial charge in [0.2, 0.25) is 0 Å². The molecule has 12 nitrogen and oxygen atoms in total. The number of aromatic amines is 1. The maximum atomic E-state index is 12.9. The highest BCUT2D eigenvalue weighted by Crippen LogP contribution is 2.24. The minimum Gasteiger partial charge on any atom is -0.313 e. The summed E-state index contributed by atoms with van der Waals surface area (Å²) >= 11 is 4.89. The summed E-state index contributed by atoms with van der Waals surface area (Å²) in [6.45, 7) is 3.24. The molecule has 0 spiro atoms. The molecule has 0 fully saturated rings. The van der Waals surface area contributed by atoms with Crippen LogP contribution in [0.25, 0.3) is 22.3 Å². The van der Waals surface area contributed by atoms with Crippen LogP contribution in [0.3, 0.4) is 0 Å². The summed E-state index contributed by atoms with van der Waals surface area (Å²) < 4.78 is 7.94. The standard InChI is InChI=1S/C21H27BrN8O4S/c1-5-6-7-9-30-13-15(27(3)21(34)28(4)17(13)32)24-20(30)35-11-8-10-29-12-14(23-18(29)22)26(2)19(33)25-16(12)31/h5-11H2,1-4H3,(H,25,31,33). The number of H-pyrrole nitrogens is 1. The van der Waals surface area contributed by atoms with Crippen LogP contribution in [0.2, 0.25) is 0 Å². The number of unbranched alkanes of at least 4 members (excludes halogenated alkanes) is 2. The van der Waals surface area contributed by atoms with E-state index in [9.17, 15) is 19.2 Å². The Morgan fingerprint density at radius 1 is 0.857 bits per heavy atom. The molecule has 4 heterocycles. The number of imidazole rings is 2. The van der Waals surface area contributed by atoms with Gasteiger partial charge >= 0.3 is 11.4 Å². The Bertz CT molecular complexity index is 1650. The van der Waals surface area contributed by atoms with E-state index in [4.69, 9.17) is 0 Å². The van der Waals surface area contributed by atoms with Crippen LogP contribution in [0, 0.1) is 0 Å². The summed E-state index contributed by atoms with van der Waals surface area (Å²) in [4.78, 5) is 60.8. The van der Waals surface area contributed by atoms with Crippen molar-refractivity contribution >= 4 is 50.0 Å². The summed E-state index contributed by atoms with van der Waals surface area (Å²) in [5.41, 5.74) is -0.300. The molecule has 0 bridgehead atoms. The second-order valence-corrected chi connectivity index (χ2v) is 10.1. The lowest BCUT2D eigenvalue weighted by Crippen LogP contribution is -2.37. The molecule has 4 aromatic rings. The van der Waals surface area contributed by atoms with Gasteiger partial charge in [0.25, 0.3) is 11.1 Å². The van der Waals surface area contributed by atoms with Gasteiger partial charge in [0.1, 0.15) is 0 Å². The molecule has 35 heavy (non-hydrogen) atoms. The predicted octanol–water partition coefficient (Wildman–Crippen LogP) is 1.31. The first-order chi connectivity index (χ1) is 16.7. The molecule has 0 saturated carbocycles. The average Bonchev–Trinajstić information content (AvgIpc) is 3.36. The van der Waals surface area contributed by atoms with Crippen LogP contribution in [-0.2, 0) is 34.2 Å². The lowest BCUT2D eigenvalue weighted by molar-refractivity contribution is 0.575. The van der Waals surface area contributed by atoms with E-state index in [0.717, 1.165) is 23.8 Å². The molecule has 0 aliphatic carbocycles. The first-order valence-electron chi connectivity index (χ1n) is 11.3. The number of hydrogen-bond donors (Lipinski definition) is 1. The van der Waals surface area contributed by atoms with Gasteiger partial charge in [-0.05, 0) is 28.8 Å². The Morgan fingerprint density at radius 3 is 2.26 bits per heavy atom. The second kappa shape index (κ2) is 10.0. The van der Waals surface area contributed by atoms with E-state index in [0.29, 0.717) is 57.5 Å². The van der Waals surface area contributed by atoms with E-state index in [1.807, 2.05) is 4.57 Å². The van der Waals surface area contributed by atoms with Crippen molar-refractivity contribution < 1.29 is 0 Å². The van der Waals surface area contributed by atoms with E-state index < -0.39 is 16.9 Å². The fourth-order valence-corrected chi connectivity index (χ4v) is 5.53. The normalized spacial score (nSPS) is 11.8. The molecular weight excluding hydrogens is 540 g/mol. The lowest BCUT2D eigenvalue weighted by Gasteiger charge is -2.09. The molecule has 0 saturated heterocycles. The zero-order valence-corrected chi connectivity index (χ0v) is 22.4. The molecular formula is C21H27BrN8O4S. The number of aromatic nitrogens is 8. The van der Waals surface area contributed by atoms with Gasteiger partial charge in [-0.15, -0.1) is 0 Å². The quantitative estimate of drug-likeness (QED) is 0.183. The summed E-state index contributed by atoms with van der Waals surface area (Å²) in [7, 11) is 4.65. The molecule has 4 aromatic heterocycles. The number of fused-ring (bicyclic) bond motifs is 2. The van der Waals surface area contributed by atoms with E-state index in [1.165, 1.54) is 27.9 Å². The predicted molar refractivity (Wildman–Crippen MR) is 138 cm³/mol. The van der Waals surface area contributed by atoms with Crippen molar-refractivity contribution in [1.82, 2.24) is 37.8 Å². The van der Waals surface area contributed by atoms with Gasteiger partial charge in [-0.1, -0.05) is 31.5 Å². The topological polar surface area (TPSA) is 135 Å². The molecule has 188 valence electrons. The first-order valence-corrected chi connectivity index (χ1v) is 13.1. The SMILES string of the molecule is CCCCCn1c(SCCCn2c(Br)nc3c2c(=O)[nH]c(=O)n3C)nc2c1c(=O)n(C)c(=O)n2C. The van der Waals surface area contributed by atoms with Gasteiger partial charge in [-0.25, -0.2) is 19.6 Å². The minimum atomic E-state index is -0.516. The van der Waals surface area contributed by atoms with Gasteiger partial charge in [-0.3, -0.25) is 28.3 Å². The Morgan fingerprint density at radius 2 is 1.54 bits per heavy atom. The molecule has 0 unspecified atom stereocenters. The molecule has 1 N–H and O–H groups in total. The van der Waals surface area contributed by atoms with E-state index in [-0.39, 0.29) is 5.56 Å². The van der Waals surface area contributed by atoms with Gasteiger partial charge < -0.3 is 9.13 Å². The van der Waals surface area contributed by atoms with Crippen molar-refractivity contribution in [3.63, 3.8) is 0 Å². The number of nitrogens with one attached hydrogen (secondary N) is 1. The van der Waals surface area contributed by atoms with E-state index >= 15 is 0 Å². The summed E-state index contributed by atoms with van der Waals surface area (Å²) in [6, 6.07) is 0. The van der Waals surface area contributed by atoms with Gasteiger partial charge in [0, 0.05) is 40.0 Å². The molecule has 0 atom stereocenters. The minimum absolute atomic E-state index is 0.313. The molecule has 4 rings (SSSR count). The molecule has 0 aromatic carbocycles. The number of thioether (sulfide) groups is 1. The van der Waals surface area contributed by atoms with Crippen LogP contribution in [0.4, 0.5) is 0 Å². The number of rotatable bonds is 9. The molecule has 0 radical (unpaired) electrons. The van der Waals surface area contributed by atoms with Crippen molar-refractivity contribution in [2.45, 2.75) is 50.9 Å². The highest BCUT2D eigenvalue weighted by Gasteiger charge is 2.20. The maximum Gasteiger partial charge on any atom is 0.332 e. The zero-order valence-electron chi connectivity index (χ0n) is 20.0. The number of aryl methyl sites for hydroxylation is 4. The average molecular weight is 567 g/mol. The molecule has 0 aliphatic rings. The van der Waals surface area contributed by atoms with Crippen molar-refractivity contribution in [3.8, 4) is 0 Å². The van der Waals surface area contributed by atoms with Crippen molar-refractivity contribution in [2.75, 3.05) is 5.75 Å². The van der Waals surface area contributed by atoms with Crippen LogP contribution in [0.1, 0.15) is 32.6 Å². The van der Waals surface area contributed by atoms with E-state index in [2.05, 4.69) is 37.8 Å². The van der Waals surface area contributed by atoms with Crippen LogP contribution in [0.5, 0.6) is 0 Å². The summed E-state index contributed by atoms with van der Waals surface area (Å²) in [6.07, 6.45) is 3.64. The zero-order chi connectivity index (χ0) is 25.4. The maximum absolute atomic E-state index is 12.9. The van der Waals surface area contributed by atoms with Crippen molar-refractivity contribution in [1.29, 1.82) is 0 Å². The lowest BCUT2D eigenvalue weighted by atomic mass is 10.2. The number of nitrogens with zero attached hydrogens (tertiary/aromatic N) is 7. The Kier molecular flexibility index (Phi) is 7.22. The van der Waals surface area contributed by atoms with Gasteiger partial charge in [-0.2, -0.15) is 0 Å². The number of hydrogen-bond acceptors (Lipinski definition) is 7. The third kappa shape index (κ3) is 4.44. The van der Waals surface area contributed by atoms with Crippen LogP contribution < -0.4 is 22.5 Å². The van der Waals surface area contributed by atoms with Crippen molar-refractivity contribution in [2.24, 2.45) is 21.1 Å². The second-order valence-electron chi connectivity index (χ2n) is 8.36. The highest BCUT2D eigenvalue weighted by atomic mass is 79.9.